The molecule has 8 nitrogen and oxygen atoms in total. The Morgan fingerprint density at radius 2 is 1.32 bits per heavy atom. The quantitative estimate of drug-likeness (QED) is 0.740. The molecule has 2 aromatic rings. The lowest BCUT2D eigenvalue weighted by Gasteiger charge is -2.16. The van der Waals surface area contributed by atoms with Gasteiger partial charge in [0.1, 0.15) is 0 Å². The highest BCUT2D eigenvalue weighted by Crippen LogP contribution is 2.23. The van der Waals surface area contributed by atoms with Crippen molar-refractivity contribution < 1.29 is 21.6 Å². The number of nitrogens with zero attached hydrogens (tertiary/aromatic N) is 1. The summed E-state index contributed by atoms with van der Waals surface area (Å²) in [6.07, 6.45) is 1.69. The first-order chi connectivity index (χ1) is 13.2. The average molecular weight is 424 g/mol. The van der Waals surface area contributed by atoms with E-state index in [1.54, 1.807) is 0 Å². The van der Waals surface area contributed by atoms with Crippen LogP contribution in [0, 0.1) is 0 Å². The van der Waals surface area contributed by atoms with Gasteiger partial charge >= 0.3 is 0 Å². The molecule has 28 heavy (non-hydrogen) atoms. The summed E-state index contributed by atoms with van der Waals surface area (Å²) in [5.74, 6) is -0.252. The lowest BCUT2D eigenvalue weighted by Crippen LogP contribution is -2.27. The van der Waals surface area contributed by atoms with E-state index >= 15 is 0 Å². The summed E-state index contributed by atoms with van der Waals surface area (Å²) in [7, 11) is -7.39. The van der Waals surface area contributed by atoms with Crippen molar-refractivity contribution in [3.05, 3.63) is 48.5 Å². The van der Waals surface area contributed by atoms with Crippen LogP contribution in [0.5, 0.6) is 0 Å². The fraction of sp³-hybridized carbons (Fsp3) is 0.278. The van der Waals surface area contributed by atoms with Gasteiger partial charge in [0.25, 0.3) is 10.0 Å². The number of nitrogens with one attached hydrogen (secondary N) is 2. The van der Waals surface area contributed by atoms with Crippen molar-refractivity contribution >= 4 is 37.3 Å². The summed E-state index contributed by atoms with van der Waals surface area (Å²) in [6, 6.07) is 11.4. The molecule has 3 rings (SSSR count). The molecule has 150 valence electrons. The Bertz CT molecular complexity index is 1060. The molecule has 0 aromatic heterocycles. The number of rotatable bonds is 6. The zero-order valence-electron chi connectivity index (χ0n) is 15.3. The van der Waals surface area contributed by atoms with Crippen LogP contribution >= 0.6 is 0 Å². The minimum atomic E-state index is -3.85. The number of carbonyl (C=O) groups excluding carboxylic acids is 1. The summed E-state index contributed by atoms with van der Waals surface area (Å²) in [5.41, 5.74) is 0.745. The SMILES string of the molecule is CC(=O)Nc1ccc(S(=O)(=O)Nc2ccc(S(=O)(=O)N3CCCC3)cc2)cc1. The summed E-state index contributed by atoms with van der Waals surface area (Å²) in [6.45, 7) is 2.37. The van der Waals surface area contributed by atoms with Crippen LogP contribution in [-0.4, -0.2) is 40.1 Å². The van der Waals surface area contributed by atoms with Crippen molar-refractivity contribution in [1.29, 1.82) is 0 Å². The monoisotopic (exact) mass is 423 g/mol. The van der Waals surface area contributed by atoms with Crippen LogP contribution in [0.25, 0.3) is 0 Å². The Balaban J connectivity index is 1.75. The van der Waals surface area contributed by atoms with Crippen molar-refractivity contribution in [3.8, 4) is 0 Å². The number of hydrogen-bond donors (Lipinski definition) is 2. The minimum Gasteiger partial charge on any atom is -0.326 e. The molecule has 0 bridgehead atoms. The van der Waals surface area contributed by atoms with Crippen LogP contribution in [0.1, 0.15) is 19.8 Å². The van der Waals surface area contributed by atoms with Crippen LogP contribution in [0.15, 0.2) is 58.3 Å². The normalized spacial score (nSPS) is 15.3. The fourth-order valence-corrected chi connectivity index (χ4v) is 5.48. The van der Waals surface area contributed by atoms with E-state index in [4.69, 9.17) is 0 Å². The largest absolute Gasteiger partial charge is 0.326 e. The Labute approximate surface area is 164 Å². The van der Waals surface area contributed by atoms with E-state index in [-0.39, 0.29) is 21.4 Å². The maximum atomic E-state index is 12.5. The summed E-state index contributed by atoms with van der Waals surface area (Å²) in [4.78, 5) is 11.2. The second kappa shape index (κ2) is 7.90. The molecule has 10 heteroatoms. The Hall–Kier alpha value is -2.43. The fourth-order valence-electron chi connectivity index (χ4n) is 2.91. The molecule has 0 spiro atoms. The Kier molecular flexibility index (Phi) is 5.73. The van der Waals surface area contributed by atoms with Crippen LogP contribution in [0.2, 0.25) is 0 Å². The number of sulfonamides is 2. The van der Waals surface area contributed by atoms with Gasteiger partial charge in [0.05, 0.1) is 9.79 Å². The lowest BCUT2D eigenvalue weighted by atomic mass is 10.3. The predicted molar refractivity (Wildman–Crippen MR) is 106 cm³/mol. The molecular formula is C18H21N3O5S2. The summed E-state index contributed by atoms with van der Waals surface area (Å²) >= 11 is 0. The van der Waals surface area contributed by atoms with Gasteiger partial charge in [0, 0.05) is 31.4 Å². The summed E-state index contributed by atoms with van der Waals surface area (Å²) < 4.78 is 53.9. The maximum absolute atomic E-state index is 12.5. The molecule has 1 saturated heterocycles. The van der Waals surface area contributed by atoms with Gasteiger partial charge in [-0.15, -0.1) is 0 Å². The lowest BCUT2D eigenvalue weighted by molar-refractivity contribution is -0.114. The average Bonchev–Trinajstić information content (AvgIpc) is 3.17. The maximum Gasteiger partial charge on any atom is 0.261 e. The van der Waals surface area contributed by atoms with E-state index < -0.39 is 20.0 Å². The van der Waals surface area contributed by atoms with E-state index in [9.17, 15) is 21.6 Å². The highest BCUT2D eigenvalue weighted by molar-refractivity contribution is 7.92. The zero-order chi connectivity index (χ0) is 20.4. The van der Waals surface area contributed by atoms with Crippen molar-refractivity contribution in [2.45, 2.75) is 29.6 Å². The molecule has 1 fully saturated rings. The van der Waals surface area contributed by atoms with Crippen LogP contribution in [0.3, 0.4) is 0 Å². The number of carbonyl (C=O) groups is 1. The topological polar surface area (TPSA) is 113 Å². The third-order valence-corrected chi connectivity index (χ3v) is 7.60. The zero-order valence-corrected chi connectivity index (χ0v) is 16.9. The molecule has 2 N–H and O–H groups in total. The Morgan fingerprint density at radius 3 is 1.86 bits per heavy atom. The molecule has 2 aromatic carbocycles. The third-order valence-electron chi connectivity index (χ3n) is 4.29. The first kappa shape index (κ1) is 20.3. The van der Waals surface area contributed by atoms with E-state index in [1.165, 1.54) is 59.8 Å². The molecule has 0 unspecified atom stereocenters. The van der Waals surface area contributed by atoms with Crippen molar-refractivity contribution in [2.24, 2.45) is 0 Å². The van der Waals surface area contributed by atoms with Gasteiger partial charge in [-0.25, -0.2) is 16.8 Å². The molecule has 1 heterocycles. The van der Waals surface area contributed by atoms with E-state index in [0.29, 0.717) is 18.8 Å². The van der Waals surface area contributed by atoms with Crippen molar-refractivity contribution in [2.75, 3.05) is 23.1 Å². The van der Waals surface area contributed by atoms with Gasteiger partial charge in [-0.05, 0) is 61.4 Å². The van der Waals surface area contributed by atoms with Gasteiger partial charge in [-0.3, -0.25) is 9.52 Å². The van der Waals surface area contributed by atoms with Crippen LogP contribution < -0.4 is 10.0 Å². The van der Waals surface area contributed by atoms with Gasteiger partial charge in [-0.1, -0.05) is 0 Å². The third kappa shape index (κ3) is 4.51. The standard InChI is InChI=1S/C18H21N3O5S2/c1-14(22)19-15-4-8-17(9-5-15)27(23,24)20-16-6-10-18(11-7-16)28(25,26)21-12-2-3-13-21/h4-11,20H,2-3,12-13H2,1H3,(H,19,22). The first-order valence-corrected chi connectivity index (χ1v) is 11.6. The van der Waals surface area contributed by atoms with E-state index in [1.807, 2.05) is 0 Å². The first-order valence-electron chi connectivity index (χ1n) is 8.69. The molecule has 1 aliphatic heterocycles. The van der Waals surface area contributed by atoms with Crippen LogP contribution in [0.4, 0.5) is 11.4 Å². The van der Waals surface area contributed by atoms with Crippen molar-refractivity contribution in [1.82, 2.24) is 4.31 Å². The predicted octanol–water partition coefficient (Wildman–Crippen LogP) is 2.23. The highest BCUT2D eigenvalue weighted by atomic mass is 32.2. The van der Waals surface area contributed by atoms with Gasteiger partial charge in [-0.2, -0.15) is 4.31 Å². The second-order valence-corrected chi connectivity index (χ2v) is 10.1. The van der Waals surface area contributed by atoms with E-state index in [0.717, 1.165) is 12.8 Å². The number of anilines is 2. The van der Waals surface area contributed by atoms with E-state index in [2.05, 4.69) is 10.0 Å². The number of hydrogen-bond acceptors (Lipinski definition) is 5. The van der Waals surface area contributed by atoms with Gasteiger partial charge < -0.3 is 5.32 Å². The minimum absolute atomic E-state index is 0.0235. The molecule has 0 saturated carbocycles. The molecule has 1 amide bonds. The molecule has 0 radical (unpaired) electrons. The Morgan fingerprint density at radius 1 is 0.821 bits per heavy atom. The molecule has 1 aliphatic rings. The molecular weight excluding hydrogens is 402 g/mol. The number of amides is 1. The number of benzene rings is 2. The smallest absolute Gasteiger partial charge is 0.261 e. The molecule has 0 aliphatic carbocycles. The highest BCUT2D eigenvalue weighted by Gasteiger charge is 2.27. The summed E-state index contributed by atoms with van der Waals surface area (Å²) in [5, 5.41) is 2.56. The second-order valence-electron chi connectivity index (χ2n) is 6.45. The van der Waals surface area contributed by atoms with Crippen LogP contribution in [-0.2, 0) is 24.8 Å². The molecule has 0 atom stereocenters. The van der Waals surface area contributed by atoms with Gasteiger partial charge in [0.15, 0.2) is 0 Å². The van der Waals surface area contributed by atoms with Crippen molar-refractivity contribution in [3.63, 3.8) is 0 Å². The van der Waals surface area contributed by atoms with Gasteiger partial charge in [0.2, 0.25) is 15.9 Å².